The lowest BCUT2D eigenvalue weighted by molar-refractivity contribution is 0.0785. The van der Waals surface area contributed by atoms with Crippen LogP contribution in [0.3, 0.4) is 0 Å². The van der Waals surface area contributed by atoms with Gasteiger partial charge >= 0.3 is 0 Å². The molecule has 0 fully saturated rings. The van der Waals surface area contributed by atoms with Crippen molar-refractivity contribution < 1.29 is 9.53 Å². The largest absolute Gasteiger partial charge is 0.493 e. The number of nitrogens with zero attached hydrogens (tertiary/aromatic N) is 3. The van der Waals surface area contributed by atoms with Crippen molar-refractivity contribution >= 4 is 5.91 Å². The lowest BCUT2D eigenvalue weighted by atomic mass is 10.00. The molecule has 1 aliphatic heterocycles. The van der Waals surface area contributed by atoms with Gasteiger partial charge in [-0.05, 0) is 54.8 Å². The Hall–Kier alpha value is -3.08. The minimum absolute atomic E-state index is 0.00925. The number of rotatable bonds is 5. The molecule has 0 spiro atoms. The fraction of sp³-hybridized carbons (Fsp3) is 0.304. The van der Waals surface area contributed by atoms with Gasteiger partial charge in [-0.1, -0.05) is 18.2 Å². The molecule has 3 aromatic rings. The van der Waals surface area contributed by atoms with Crippen molar-refractivity contribution in [2.45, 2.75) is 33.4 Å². The van der Waals surface area contributed by atoms with Crippen LogP contribution in [-0.4, -0.2) is 34.2 Å². The highest BCUT2D eigenvalue weighted by molar-refractivity contribution is 5.95. The molecular formula is C23H25N3O2. The second-order valence-corrected chi connectivity index (χ2v) is 7.23. The summed E-state index contributed by atoms with van der Waals surface area (Å²) in [6.07, 6.45) is 2.79. The zero-order valence-electron chi connectivity index (χ0n) is 16.6. The van der Waals surface area contributed by atoms with E-state index in [1.54, 1.807) is 4.90 Å². The summed E-state index contributed by atoms with van der Waals surface area (Å²) in [5, 5.41) is 4.37. The molecule has 144 valence electrons. The molecule has 1 amide bonds. The Morgan fingerprint density at radius 1 is 1.21 bits per heavy atom. The number of carbonyl (C=O) groups excluding carboxylic acids is 1. The van der Waals surface area contributed by atoms with Gasteiger partial charge in [0, 0.05) is 43.4 Å². The molecule has 0 aliphatic carbocycles. The van der Waals surface area contributed by atoms with E-state index in [4.69, 9.17) is 4.74 Å². The number of carbonyl (C=O) groups is 1. The Bertz CT molecular complexity index is 1020. The zero-order chi connectivity index (χ0) is 19.7. The molecule has 1 aromatic heterocycles. The van der Waals surface area contributed by atoms with Crippen molar-refractivity contribution in [2.24, 2.45) is 0 Å². The van der Waals surface area contributed by atoms with Crippen molar-refractivity contribution in [3.05, 3.63) is 71.0 Å². The second kappa shape index (κ2) is 7.50. The number of fused-ring (bicyclic) bond motifs is 1. The van der Waals surface area contributed by atoms with E-state index >= 15 is 0 Å². The molecule has 0 radical (unpaired) electrons. The summed E-state index contributed by atoms with van der Waals surface area (Å²) in [5.41, 5.74) is 6.27. The van der Waals surface area contributed by atoms with Crippen LogP contribution in [0.4, 0.5) is 0 Å². The van der Waals surface area contributed by atoms with Crippen molar-refractivity contribution in [3.63, 3.8) is 0 Å². The van der Waals surface area contributed by atoms with Gasteiger partial charge in [-0.25, -0.2) is 0 Å². The summed E-state index contributed by atoms with van der Waals surface area (Å²) < 4.78 is 7.54. The molecule has 1 aliphatic rings. The van der Waals surface area contributed by atoms with Crippen LogP contribution < -0.4 is 4.74 Å². The van der Waals surface area contributed by atoms with Crippen LogP contribution in [0.25, 0.3) is 11.1 Å². The number of aryl methyl sites for hydroxylation is 1. The Morgan fingerprint density at radius 2 is 2.04 bits per heavy atom. The van der Waals surface area contributed by atoms with E-state index in [0.717, 1.165) is 47.7 Å². The number of aromatic nitrogens is 2. The summed E-state index contributed by atoms with van der Waals surface area (Å²) in [4.78, 5) is 14.7. The van der Waals surface area contributed by atoms with Crippen LogP contribution in [0.1, 0.15) is 34.1 Å². The van der Waals surface area contributed by atoms with Crippen LogP contribution in [0.2, 0.25) is 0 Å². The standard InChI is InChI=1S/C23H25N3O2/c1-4-26-16(2)21(14-24-26)15-25(3)23(27)20-7-5-6-17(13-20)18-8-9-22-19(12-18)10-11-28-22/h5-9,12-14H,4,10-11,15H2,1-3H3. The predicted molar refractivity (Wildman–Crippen MR) is 110 cm³/mol. The lowest BCUT2D eigenvalue weighted by Crippen LogP contribution is -2.26. The fourth-order valence-electron chi connectivity index (χ4n) is 3.70. The first-order chi connectivity index (χ1) is 13.6. The molecule has 28 heavy (non-hydrogen) atoms. The molecule has 0 unspecified atom stereocenters. The summed E-state index contributed by atoms with van der Waals surface area (Å²) in [6.45, 7) is 6.23. The first-order valence-corrected chi connectivity index (χ1v) is 9.69. The van der Waals surface area contributed by atoms with Gasteiger partial charge in [0.05, 0.1) is 12.8 Å². The number of benzene rings is 2. The third-order valence-corrected chi connectivity index (χ3v) is 5.39. The molecule has 4 rings (SSSR count). The first-order valence-electron chi connectivity index (χ1n) is 9.69. The van der Waals surface area contributed by atoms with Crippen LogP contribution in [0.5, 0.6) is 5.75 Å². The minimum Gasteiger partial charge on any atom is -0.493 e. The molecule has 0 atom stereocenters. The molecule has 5 heteroatoms. The van der Waals surface area contributed by atoms with E-state index in [1.165, 1.54) is 5.56 Å². The Labute approximate surface area is 165 Å². The molecule has 2 heterocycles. The normalized spacial score (nSPS) is 12.5. The highest BCUT2D eigenvalue weighted by Gasteiger charge is 2.17. The van der Waals surface area contributed by atoms with Gasteiger partial charge in [0.15, 0.2) is 0 Å². The van der Waals surface area contributed by atoms with Crippen molar-refractivity contribution in [1.82, 2.24) is 14.7 Å². The van der Waals surface area contributed by atoms with E-state index < -0.39 is 0 Å². The number of ether oxygens (including phenoxy) is 1. The summed E-state index contributed by atoms with van der Waals surface area (Å²) in [6, 6.07) is 14.1. The maximum Gasteiger partial charge on any atom is 0.253 e. The van der Waals surface area contributed by atoms with E-state index in [1.807, 2.05) is 55.2 Å². The zero-order valence-corrected chi connectivity index (χ0v) is 16.6. The molecule has 2 aromatic carbocycles. The third kappa shape index (κ3) is 3.40. The molecule has 5 nitrogen and oxygen atoms in total. The maximum absolute atomic E-state index is 13.0. The van der Waals surface area contributed by atoms with Gasteiger partial charge in [-0.15, -0.1) is 0 Å². The smallest absolute Gasteiger partial charge is 0.253 e. The lowest BCUT2D eigenvalue weighted by Gasteiger charge is -2.18. The minimum atomic E-state index is 0.00925. The Balaban J connectivity index is 1.54. The molecular weight excluding hydrogens is 350 g/mol. The molecule has 0 N–H and O–H groups in total. The third-order valence-electron chi connectivity index (χ3n) is 5.39. The van der Waals surface area contributed by atoms with Crippen molar-refractivity contribution in [3.8, 4) is 16.9 Å². The highest BCUT2D eigenvalue weighted by Crippen LogP contribution is 2.31. The quantitative estimate of drug-likeness (QED) is 0.675. The van der Waals surface area contributed by atoms with E-state index in [-0.39, 0.29) is 5.91 Å². The fourth-order valence-corrected chi connectivity index (χ4v) is 3.70. The van der Waals surface area contributed by atoms with Gasteiger partial charge in [-0.2, -0.15) is 5.10 Å². The summed E-state index contributed by atoms with van der Waals surface area (Å²) >= 11 is 0. The topological polar surface area (TPSA) is 47.4 Å². The maximum atomic E-state index is 13.0. The average molecular weight is 375 g/mol. The van der Waals surface area contributed by atoms with E-state index in [0.29, 0.717) is 12.1 Å². The molecule has 0 saturated carbocycles. The number of hydrogen-bond donors (Lipinski definition) is 0. The van der Waals surface area contributed by atoms with Crippen LogP contribution >= 0.6 is 0 Å². The van der Waals surface area contributed by atoms with Gasteiger partial charge in [0.25, 0.3) is 5.91 Å². The van der Waals surface area contributed by atoms with Gasteiger partial charge < -0.3 is 9.64 Å². The number of amides is 1. The SMILES string of the molecule is CCn1ncc(CN(C)C(=O)c2cccc(-c3ccc4c(c3)CCO4)c2)c1C. The van der Waals surface area contributed by atoms with Crippen LogP contribution in [0.15, 0.2) is 48.7 Å². The first kappa shape index (κ1) is 18.3. The summed E-state index contributed by atoms with van der Waals surface area (Å²) in [5.74, 6) is 0.980. The second-order valence-electron chi connectivity index (χ2n) is 7.23. The van der Waals surface area contributed by atoms with Gasteiger partial charge in [0.2, 0.25) is 0 Å². The number of hydrogen-bond acceptors (Lipinski definition) is 3. The summed E-state index contributed by atoms with van der Waals surface area (Å²) in [7, 11) is 1.84. The highest BCUT2D eigenvalue weighted by atomic mass is 16.5. The van der Waals surface area contributed by atoms with Crippen molar-refractivity contribution in [1.29, 1.82) is 0 Å². The van der Waals surface area contributed by atoms with Gasteiger partial charge in [0.1, 0.15) is 5.75 Å². The van der Waals surface area contributed by atoms with Crippen molar-refractivity contribution in [2.75, 3.05) is 13.7 Å². The molecule has 0 saturated heterocycles. The monoisotopic (exact) mass is 375 g/mol. The van der Waals surface area contributed by atoms with Gasteiger partial charge in [-0.3, -0.25) is 9.48 Å². The average Bonchev–Trinajstić information content (AvgIpc) is 3.33. The van der Waals surface area contributed by atoms with Crippen LogP contribution in [0, 0.1) is 6.92 Å². The van der Waals surface area contributed by atoms with E-state index in [9.17, 15) is 4.79 Å². The van der Waals surface area contributed by atoms with Crippen LogP contribution in [-0.2, 0) is 19.5 Å². The Morgan fingerprint density at radius 3 is 2.82 bits per heavy atom. The van der Waals surface area contributed by atoms with E-state index in [2.05, 4.69) is 24.2 Å². The Kier molecular flexibility index (Phi) is 4.90. The molecule has 0 bridgehead atoms. The predicted octanol–water partition coefficient (Wildman–Crippen LogP) is 4.09.